The molecule has 3 rings (SSSR count). The number of hydrogen-bond donors (Lipinski definition) is 1. The summed E-state index contributed by atoms with van der Waals surface area (Å²) in [6.45, 7) is 0. The summed E-state index contributed by atoms with van der Waals surface area (Å²) in [5.74, 6) is 6.54. The number of rotatable bonds is 3. The maximum Gasteiger partial charge on any atom is 0.268 e. The quantitative estimate of drug-likeness (QED) is 0.537. The summed E-state index contributed by atoms with van der Waals surface area (Å²) in [4.78, 5) is 16.3. The molecule has 1 aromatic heterocycles. The molecular weight excluding hydrogens is 274 g/mol. The zero-order chi connectivity index (χ0) is 15.4. The fourth-order valence-corrected chi connectivity index (χ4v) is 3.22. The highest BCUT2D eigenvalue weighted by Gasteiger charge is 2.28. The second kappa shape index (κ2) is 6.71. The number of amides is 1. The van der Waals surface area contributed by atoms with E-state index in [4.69, 9.17) is 5.84 Å². The van der Waals surface area contributed by atoms with Gasteiger partial charge >= 0.3 is 0 Å². The lowest BCUT2D eigenvalue weighted by atomic mass is 9.81. The highest BCUT2D eigenvalue weighted by molar-refractivity contribution is 5.93. The Kier molecular flexibility index (Phi) is 4.49. The van der Waals surface area contributed by atoms with Crippen molar-refractivity contribution in [1.29, 1.82) is 0 Å². The van der Waals surface area contributed by atoms with Crippen LogP contribution in [0.15, 0.2) is 54.9 Å². The molecule has 1 aliphatic carbocycles. The Balaban J connectivity index is 1.60. The van der Waals surface area contributed by atoms with Gasteiger partial charge in [-0.15, -0.1) is 0 Å². The molecule has 4 nitrogen and oxygen atoms in total. The van der Waals surface area contributed by atoms with Crippen LogP contribution in [0.2, 0.25) is 0 Å². The maximum absolute atomic E-state index is 12.4. The minimum atomic E-state index is -0.120. The van der Waals surface area contributed by atoms with Crippen molar-refractivity contribution in [2.75, 3.05) is 0 Å². The average Bonchev–Trinajstić information content (AvgIpc) is 2.62. The molecule has 0 aliphatic heterocycles. The predicted molar refractivity (Wildman–Crippen MR) is 86.0 cm³/mol. The van der Waals surface area contributed by atoms with Gasteiger partial charge in [-0.3, -0.25) is 14.8 Å². The van der Waals surface area contributed by atoms with E-state index in [1.807, 2.05) is 6.07 Å². The molecule has 2 aromatic rings. The minimum absolute atomic E-state index is 0.120. The first kappa shape index (κ1) is 14.7. The summed E-state index contributed by atoms with van der Waals surface area (Å²) in [5.41, 5.74) is 1.99. The Morgan fingerprint density at radius 1 is 1.00 bits per heavy atom. The van der Waals surface area contributed by atoms with Crippen LogP contribution in [0.5, 0.6) is 0 Å². The van der Waals surface area contributed by atoms with Crippen LogP contribution >= 0.6 is 0 Å². The molecule has 2 N–H and O–H groups in total. The van der Waals surface area contributed by atoms with Crippen molar-refractivity contribution in [3.63, 3.8) is 0 Å². The molecular formula is C18H21N3O. The lowest BCUT2D eigenvalue weighted by molar-refractivity contribution is 0.0625. The molecule has 1 aliphatic rings. The molecule has 0 radical (unpaired) electrons. The van der Waals surface area contributed by atoms with Gasteiger partial charge in [0.2, 0.25) is 0 Å². The second-order valence-corrected chi connectivity index (χ2v) is 5.86. The molecule has 0 atom stereocenters. The van der Waals surface area contributed by atoms with Gasteiger partial charge in [0.05, 0.1) is 0 Å². The number of carbonyl (C=O) groups excluding carboxylic acids is 1. The van der Waals surface area contributed by atoms with Gasteiger partial charge in [0.25, 0.3) is 5.91 Å². The van der Waals surface area contributed by atoms with Crippen molar-refractivity contribution in [3.8, 4) is 0 Å². The van der Waals surface area contributed by atoms with Crippen LogP contribution < -0.4 is 5.84 Å². The number of hydrazine groups is 1. The average molecular weight is 295 g/mol. The maximum atomic E-state index is 12.4. The van der Waals surface area contributed by atoms with Crippen LogP contribution in [0, 0.1) is 0 Å². The molecule has 0 spiro atoms. The predicted octanol–water partition coefficient (Wildman–Crippen LogP) is 3.12. The van der Waals surface area contributed by atoms with Crippen molar-refractivity contribution in [1.82, 2.24) is 9.99 Å². The standard InChI is InChI=1S/C18H21N3O/c19-21(18(22)16-10-12-20-13-11-16)17-8-6-15(7-9-17)14-4-2-1-3-5-14/h1-5,10-13,15,17H,6-9,19H2. The Morgan fingerprint density at radius 2 is 1.64 bits per heavy atom. The third-order valence-corrected chi connectivity index (χ3v) is 4.52. The second-order valence-electron chi connectivity index (χ2n) is 5.86. The summed E-state index contributed by atoms with van der Waals surface area (Å²) in [6, 6.07) is 14.1. The highest BCUT2D eigenvalue weighted by atomic mass is 16.2. The Bertz CT molecular complexity index is 607. The first-order valence-electron chi connectivity index (χ1n) is 7.79. The first-order valence-corrected chi connectivity index (χ1v) is 7.79. The number of carbonyl (C=O) groups is 1. The molecule has 1 aromatic carbocycles. The van der Waals surface area contributed by atoms with Crippen molar-refractivity contribution in [3.05, 3.63) is 66.0 Å². The fraction of sp³-hybridized carbons (Fsp3) is 0.333. The van der Waals surface area contributed by atoms with Crippen molar-refractivity contribution < 1.29 is 4.79 Å². The zero-order valence-corrected chi connectivity index (χ0v) is 12.6. The highest BCUT2D eigenvalue weighted by Crippen LogP contribution is 2.34. The monoisotopic (exact) mass is 295 g/mol. The molecule has 4 heteroatoms. The summed E-state index contributed by atoms with van der Waals surface area (Å²) in [6.07, 6.45) is 7.29. The van der Waals surface area contributed by atoms with Crippen LogP contribution in [0.3, 0.4) is 0 Å². The Labute approximate surface area is 130 Å². The number of benzene rings is 1. The number of aromatic nitrogens is 1. The van der Waals surface area contributed by atoms with E-state index in [-0.39, 0.29) is 11.9 Å². The fourth-order valence-electron chi connectivity index (χ4n) is 3.22. The normalized spacial score (nSPS) is 21.3. The molecule has 1 amide bonds. The molecule has 0 saturated heterocycles. The number of nitrogens with two attached hydrogens (primary N) is 1. The smallest absolute Gasteiger partial charge is 0.268 e. The SMILES string of the molecule is NN(C(=O)c1ccncc1)C1CCC(c2ccccc2)CC1. The first-order chi connectivity index (χ1) is 10.8. The molecule has 0 unspecified atom stereocenters. The number of pyridine rings is 1. The molecule has 114 valence electrons. The van der Waals surface area contributed by atoms with E-state index >= 15 is 0 Å². The summed E-state index contributed by atoms with van der Waals surface area (Å²) < 4.78 is 0. The molecule has 1 saturated carbocycles. The molecule has 1 heterocycles. The van der Waals surface area contributed by atoms with Gasteiger partial charge < -0.3 is 0 Å². The van der Waals surface area contributed by atoms with Crippen molar-refractivity contribution in [2.45, 2.75) is 37.6 Å². The van der Waals surface area contributed by atoms with Crippen LogP contribution in [0.25, 0.3) is 0 Å². The zero-order valence-electron chi connectivity index (χ0n) is 12.6. The topological polar surface area (TPSA) is 59.2 Å². The summed E-state index contributed by atoms with van der Waals surface area (Å²) in [7, 11) is 0. The van der Waals surface area contributed by atoms with Gasteiger partial charge in [-0.25, -0.2) is 5.84 Å². The summed E-state index contributed by atoms with van der Waals surface area (Å²) in [5, 5.41) is 1.41. The van der Waals surface area contributed by atoms with E-state index in [1.165, 1.54) is 10.6 Å². The molecule has 1 fully saturated rings. The van der Waals surface area contributed by atoms with Crippen molar-refractivity contribution >= 4 is 5.91 Å². The lowest BCUT2D eigenvalue weighted by Crippen LogP contribution is -2.47. The minimum Gasteiger partial charge on any atom is -0.274 e. The van der Waals surface area contributed by atoms with Gasteiger partial charge in [0.15, 0.2) is 0 Å². The van der Waals surface area contributed by atoms with Crippen LogP contribution in [0.4, 0.5) is 0 Å². The Morgan fingerprint density at radius 3 is 2.27 bits per heavy atom. The summed E-state index contributed by atoms with van der Waals surface area (Å²) >= 11 is 0. The van der Waals surface area contributed by atoms with E-state index in [1.54, 1.807) is 24.5 Å². The lowest BCUT2D eigenvalue weighted by Gasteiger charge is -2.34. The molecule has 22 heavy (non-hydrogen) atoms. The van der Waals surface area contributed by atoms with E-state index in [0.29, 0.717) is 11.5 Å². The van der Waals surface area contributed by atoms with Crippen LogP contribution in [0.1, 0.15) is 47.5 Å². The van der Waals surface area contributed by atoms with E-state index in [0.717, 1.165) is 25.7 Å². The van der Waals surface area contributed by atoms with Crippen LogP contribution in [-0.2, 0) is 0 Å². The third kappa shape index (κ3) is 3.17. The van der Waals surface area contributed by atoms with Gasteiger partial charge in [-0.1, -0.05) is 30.3 Å². The molecule has 0 bridgehead atoms. The number of hydrogen-bond acceptors (Lipinski definition) is 3. The van der Waals surface area contributed by atoms with E-state index in [2.05, 4.69) is 29.2 Å². The van der Waals surface area contributed by atoms with Gasteiger partial charge in [-0.2, -0.15) is 0 Å². The van der Waals surface area contributed by atoms with Gasteiger partial charge in [-0.05, 0) is 49.3 Å². The third-order valence-electron chi connectivity index (χ3n) is 4.52. The van der Waals surface area contributed by atoms with E-state index in [9.17, 15) is 4.79 Å². The van der Waals surface area contributed by atoms with Crippen molar-refractivity contribution in [2.24, 2.45) is 5.84 Å². The van der Waals surface area contributed by atoms with Gasteiger partial charge in [0.1, 0.15) is 0 Å². The Hall–Kier alpha value is -2.20. The number of nitrogens with zero attached hydrogens (tertiary/aromatic N) is 2. The largest absolute Gasteiger partial charge is 0.274 e. The van der Waals surface area contributed by atoms with Gasteiger partial charge in [0, 0.05) is 24.0 Å². The van der Waals surface area contributed by atoms with E-state index < -0.39 is 0 Å². The van der Waals surface area contributed by atoms with Crippen LogP contribution in [-0.4, -0.2) is 21.9 Å².